The average molecular weight is 401 g/mol. The lowest BCUT2D eigenvalue weighted by Crippen LogP contribution is -1.95. The number of aromatic nitrogens is 5. The molecule has 0 radical (unpaired) electrons. The first-order valence-corrected chi connectivity index (χ1v) is 9.88. The van der Waals surface area contributed by atoms with Crippen LogP contribution >= 0.6 is 11.3 Å². The molecule has 0 unspecified atom stereocenters. The van der Waals surface area contributed by atoms with Gasteiger partial charge in [-0.25, -0.2) is 14.4 Å². The Morgan fingerprint density at radius 2 is 1.90 bits per heavy atom. The molecule has 0 bridgehead atoms. The summed E-state index contributed by atoms with van der Waals surface area (Å²) in [4.78, 5) is 18.8. The van der Waals surface area contributed by atoms with E-state index in [1.165, 1.54) is 23.6 Å². The van der Waals surface area contributed by atoms with Gasteiger partial charge in [0.1, 0.15) is 16.5 Å². The highest BCUT2D eigenvalue weighted by Crippen LogP contribution is 2.35. The van der Waals surface area contributed by atoms with Crippen molar-refractivity contribution in [1.82, 2.24) is 24.5 Å². The smallest absolute Gasteiger partial charge is 0.142 e. The monoisotopic (exact) mass is 401 g/mol. The van der Waals surface area contributed by atoms with Crippen LogP contribution < -0.4 is 0 Å². The molecule has 5 nitrogen and oxygen atoms in total. The summed E-state index contributed by atoms with van der Waals surface area (Å²) in [6.45, 7) is 1.94. The number of hydrogen-bond donors (Lipinski definition) is 0. The van der Waals surface area contributed by atoms with Crippen LogP contribution in [0.15, 0.2) is 61.1 Å². The van der Waals surface area contributed by atoms with Gasteiger partial charge in [-0.1, -0.05) is 6.07 Å². The van der Waals surface area contributed by atoms with Gasteiger partial charge >= 0.3 is 0 Å². The maximum Gasteiger partial charge on any atom is 0.142 e. The lowest BCUT2D eigenvalue weighted by atomic mass is 10.2. The van der Waals surface area contributed by atoms with Crippen LogP contribution in [0.4, 0.5) is 4.39 Å². The molecule has 0 aromatic carbocycles. The second kappa shape index (κ2) is 6.86. The number of aryl methyl sites for hydroxylation is 2. The summed E-state index contributed by atoms with van der Waals surface area (Å²) in [5, 5.41) is 1.78. The fraction of sp³-hybridized carbons (Fsp3) is 0.0909. The van der Waals surface area contributed by atoms with E-state index in [-0.39, 0.29) is 5.82 Å². The highest BCUT2D eigenvalue weighted by molar-refractivity contribution is 7.18. The van der Waals surface area contributed by atoms with E-state index in [0.717, 1.165) is 43.7 Å². The molecule has 0 amide bonds. The zero-order valence-electron chi connectivity index (χ0n) is 15.8. The van der Waals surface area contributed by atoms with Crippen molar-refractivity contribution in [1.29, 1.82) is 0 Å². The van der Waals surface area contributed by atoms with Crippen LogP contribution in [0.5, 0.6) is 0 Å². The van der Waals surface area contributed by atoms with Gasteiger partial charge in [-0.2, -0.15) is 0 Å². The minimum atomic E-state index is -0.373. The second-order valence-corrected chi connectivity index (χ2v) is 7.74. The van der Waals surface area contributed by atoms with Gasteiger partial charge in [-0.3, -0.25) is 9.97 Å². The van der Waals surface area contributed by atoms with E-state index in [4.69, 9.17) is 4.98 Å². The first-order valence-electron chi connectivity index (χ1n) is 9.07. The van der Waals surface area contributed by atoms with Crippen LogP contribution in [-0.4, -0.2) is 24.5 Å². The predicted octanol–water partition coefficient (Wildman–Crippen LogP) is 5.27. The van der Waals surface area contributed by atoms with E-state index in [2.05, 4.69) is 31.7 Å². The van der Waals surface area contributed by atoms with Crippen LogP contribution in [0, 0.1) is 12.7 Å². The zero-order valence-corrected chi connectivity index (χ0v) is 16.6. The normalized spacial score (nSPS) is 11.3. The van der Waals surface area contributed by atoms with Gasteiger partial charge in [0.15, 0.2) is 0 Å². The molecule has 5 aromatic rings. The molecule has 5 rings (SSSR count). The lowest BCUT2D eigenvalue weighted by Gasteiger charge is -2.04. The minimum absolute atomic E-state index is 0.373. The molecule has 0 saturated heterocycles. The molecule has 0 aliphatic carbocycles. The van der Waals surface area contributed by atoms with E-state index in [0.29, 0.717) is 5.56 Å². The molecular formula is C22H16FN5S. The van der Waals surface area contributed by atoms with Crippen molar-refractivity contribution in [2.75, 3.05) is 0 Å². The van der Waals surface area contributed by atoms with Crippen molar-refractivity contribution >= 4 is 22.4 Å². The fourth-order valence-electron chi connectivity index (χ4n) is 3.37. The van der Waals surface area contributed by atoms with Gasteiger partial charge in [0, 0.05) is 30.4 Å². The molecule has 0 N–H and O–H groups in total. The number of fused-ring (bicyclic) bond motifs is 1. The van der Waals surface area contributed by atoms with E-state index in [9.17, 15) is 4.39 Å². The molecule has 29 heavy (non-hydrogen) atoms. The van der Waals surface area contributed by atoms with Crippen LogP contribution in [-0.2, 0) is 7.05 Å². The van der Waals surface area contributed by atoms with Gasteiger partial charge < -0.3 is 4.57 Å². The first kappa shape index (κ1) is 17.6. The summed E-state index contributed by atoms with van der Waals surface area (Å²) in [5.74, 6) is -0.373. The Bertz CT molecular complexity index is 1340. The Balaban J connectivity index is 1.60. The molecule has 5 heterocycles. The average Bonchev–Trinajstić information content (AvgIpc) is 3.29. The lowest BCUT2D eigenvalue weighted by molar-refractivity contribution is 0.622. The molecular weight excluding hydrogens is 385 g/mol. The number of rotatable bonds is 3. The maximum atomic E-state index is 13.5. The van der Waals surface area contributed by atoms with Crippen molar-refractivity contribution in [2.45, 2.75) is 6.92 Å². The second-order valence-electron chi connectivity index (χ2n) is 6.74. The molecule has 0 atom stereocenters. The number of thiazole rings is 1. The van der Waals surface area contributed by atoms with E-state index < -0.39 is 0 Å². The third kappa shape index (κ3) is 3.09. The first-order chi connectivity index (χ1) is 14.1. The molecule has 142 valence electrons. The number of halogens is 1. The summed E-state index contributed by atoms with van der Waals surface area (Å²) >= 11 is 1.49. The highest BCUT2D eigenvalue weighted by Gasteiger charge is 2.16. The third-order valence-electron chi connectivity index (χ3n) is 4.78. The predicted molar refractivity (Wildman–Crippen MR) is 113 cm³/mol. The van der Waals surface area contributed by atoms with Crippen LogP contribution in [0.1, 0.15) is 5.69 Å². The Labute approximate surface area is 170 Å². The fourth-order valence-corrected chi connectivity index (χ4v) is 4.39. The number of hydrogen-bond acceptors (Lipinski definition) is 5. The molecule has 0 fully saturated rings. The van der Waals surface area contributed by atoms with Gasteiger partial charge in [0.25, 0.3) is 0 Å². The SMILES string of the molecule is Cc1nc(-c2cncc(F)c2)sc1-c1ccc2cc(-c3ccccn3)n(C)c2n1. The number of pyridine rings is 3. The third-order valence-corrected chi connectivity index (χ3v) is 6.01. The van der Waals surface area contributed by atoms with Crippen molar-refractivity contribution in [3.8, 4) is 32.5 Å². The Morgan fingerprint density at radius 3 is 2.69 bits per heavy atom. The molecule has 0 spiro atoms. The van der Waals surface area contributed by atoms with Gasteiger partial charge in [-0.15, -0.1) is 11.3 Å². The molecule has 0 aliphatic heterocycles. The Hall–Kier alpha value is -3.45. The number of nitrogens with zero attached hydrogens (tertiary/aromatic N) is 5. The standard InChI is InChI=1S/C22H16FN5S/c1-13-20(29-22(26-13)15-9-16(23)12-24-11-15)18-7-6-14-10-19(28(2)21(14)27-18)17-5-3-4-8-25-17/h3-12H,1-2H3. The van der Waals surface area contributed by atoms with Crippen molar-refractivity contribution < 1.29 is 4.39 Å². The quantitative estimate of drug-likeness (QED) is 0.413. The summed E-state index contributed by atoms with van der Waals surface area (Å²) in [7, 11) is 1.99. The van der Waals surface area contributed by atoms with E-state index >= 15 is 0 Å². The molecule has 5 aromatic heterocycles. The molecule has 7 heteroatoms. The van der Waals surface area contributed by atoms with Gasteiger partial charge in [0.2, 0.25) is 0 Å². The van der Waals surface area contributed by atoms with Crippen molar-refractivity contribution in [2.24, 2.45) is 7.05 Å². The molecule has 0 aliphatic rings. The van der Waals surface area contributed by atoms with Gasteiger partial charge in [0.05, 0.1) is 33.8 Å². The largest absolute Gasteiger partial charge is 0.327 e. The Kier molecular flexibility index (Phi) is 4.17. The van der Waals surface area contributed by atoms with Crippen LogP contribution in [0.3, 0.4) is 0 Å². The Morgan fingerprint density at radius 1 is 1.00 bits per heavy atom. The summed E-state index contributed by atoms with van der Waals surface area (Å²) in [5.41, 5.74) is 5.17. The van der Waals surface area contributed by atoms with Crippen molar-refractivity contribution in [3.05, 3.63) is 72.6 Å². The topological polar surface area (TPSA) is 56.5 Å². The van der Waals surface area contributed by atoms with Crippen molar-refractivity contribution in [3.63, 3.8) is 0 Å². The summed E-state index contributed by atoms with van der Waals surface area (Å²) in [6.07, 6.45) is 4.60. The van der Waals surface area contributed by atoms with Crippen LogP contribution in [0.25, 0.3) is 43.6 Å². The summed E-state index contributed by atoms with van der Waals surface area (Å²) in [6, 6.07) is 13.5. The minimum Gasteiger partial charge on any atom is -0.327 e. The maximum absolute atomic E-state index is 13.5. The molecule has 0 saturated carbocycles. The van der Waals surface area contributed by atoms with Gasteiger partial charge in [-0.05, 0) is 43.3 Å². The van der Waals surface area contributed by atoms with E-state index in [1.54, 1.807) is 12.4 Å². The summed E-state index contributed by atoms with van der Waals surface area (Å²) < 4.78 is 15.6. The van der Waals surface area contributed by atoms with E-state index in [1.807, 2.05) is 38.2 Å². The zero-order chi connectivity index (χ0) is 20.0. The highest BCUT2D eigenvalue weighted by atomic mass is 32.1. The van der Waals surface area contributed by atoms with Crippen LogP contribution in [0.2, 0.25) is 0 Å².